The molecule has 4 aliphatic rings. The summed E-state index contributed by atoms with van der Waals surface area (Å²) in [4.78, 5) is 0. The van der Waals surface area contributed by atoms with E-state index in [-0.39, 0.29) is 5.41 Å². The van der Waals surface area contributed by atoms with E-state index in [2.05, 4.69) is 37.5 Å². The van der Waals surface area contributed by atoms with Gasteiger partial charge in [-0.3, -0.25) is 0 Å². The molecule has 0 saturated heterocycles. The minimum atomic E-state index is -3.52. The topological polar surface area (TPSA) is 79.2 Å². The van der Waals surface area contributed by atoms with Gasteiger partial charge in [-0.2, -0.15) is 18.0 Å². The second-order valence-corrected chi connectivity index (χ2v) is 11.5. The van der Waals surface area contributed by atoms with Crippen LogP contribution >= 0.6 is 0 Å². The number of nitrogens with one attached hydrogen (secondary N) is 1. The lowest BCUT2D eigenvalue weighted by molar-refractivity contribution is -0.0456. The summed E-state index contributed by atoms with van der Waals surface area (Å²) in [7, 11) is -3.52. The molecule has 0 aromatic heterocycles. The van der Waals surface area contributed by atoms with E-state index in [4.69, 9.17) is 4.28 Å². The van der Waals surface area contributed by atoms with Crippen molar-refractivity contribution in [3.05, 3.63) is 23.4 Å². The largest absolute Gasteiger partial charge is 0.284 e. The van der Waals surface area contributed by atoms with E-state index in [0.717, 1.165) is 36.6 Å². The highest BCUT2D eigenvalue weighted by molar-refractivity contribution is 7.85. The molecule has 0 unspecified atom stereocenters. The van der Waals surface area contributed by atoms with Crippen molar-refractivity contribution in [2.75, 3.05) is 6.26 Å². The van der Waals surface area contributed by atoms with E-state index in [0.29, 0.717) is 23.7 Å². The van der Waals surface area contributed by atoms with Crippen LogP contribution in [0.2, 0.25) is 0 Å². The van der Waals surface area contributed by atoms with Crippen LogP contribution in [-0.4, -0.2) is 14.7 Å². The van der Waals surface area contributed by atoms with Crippen LogP contribution in [0.3, 0.4) is 0 Å². The minimum absolute atomic E-state index is 0.161. The Morgan fingerprint density at radius 1 is 1.25 bits per heavy atom. The molecular weight excluding hydrogens is 372 g/mol. The lowest BCUT2D eigenvalue weighted by atomic mass is 9.47. The van der Waals surface area contributed by atoms with Crippen molar-refractivity contribution >= 4 is 10.1 Å². The zero-order chi connectivity index (χ0) is 20.2. The molecule has 0 aromatic carbocycles. The number of hydrogen-bond acceptors (Lipinski definition) is 5. The minimum Gasteiger partial charge on any atom is -0.250 e. The van der Waals surface area contributed by atoms with Crippen LogP contribution in [0.5, 0.6) is 0 Å². The first-order valence-corrected chi connectivity index (χ1v) is 12.4. The van der Waals surface area contributed by atoms with Crippen LogP contribution in [0, 0.1) is 45.8 Å². The highest BCUT2D eigenvalue weighted by atomic mass is 32.2. The molecule has 4 aliphatic carbocycles. The fourth-order valence-electron chi connectivity index (χ4n) is 7.16. The Balaban J connectivity index is 1.53. The van der Waals surface area contributed by atoms with Crippen LogP contribution in [0.15, 0.2) is 23.4 Å². The van der Waals surface area contributed by atoms with Gasteiger partial charge in [-0.25, -0.2) is 5.48 Å². The lowest BCUT2D eigenvalue weighted by Crippen LogP contribution is -2.50. The maximum atomic E-state index is 11.3. The summed E-state index contributed by atoms with van der Waals surface area (Å²) in [5, 5.41) is 9.26. The Kier molecular flexibility index (Phi) is 4.91. The number of hydroxylamine groups is 1. The highest BCUT2D eigenvalue weighted by Crippen LogP contribution is 2.66. The van der Waals surface area contributed by atoms with Gasteiger partial charge in [0.1, 0.15) is 0 Å². The van der Waals surface area contributed by atoms with Gasteiger partial charge in [-0.15, -0.1) is 0 Å². The van der Waals surface area contributed by atoms with Gasteiger partial charge in [0.15, 0.2) is 0 Å². The van der Waals surface area contributed by atoms with E-state index < -0.39 is 10.1 Å². The molecule has 0 amide bonds. The fraction of sp³-hybridized carbons (Fsp3) is 0.773. The summed E-state index contributed by atoms with van der Waals surface area (Å²) in [6.07, 6.45) is 14.2. The Hall–Kier alpha value is -1.32. The molecule has 0 aliphatic heterocycles. The third kappa shape index (κ3) is 3.21. The van der Waals surface area contributed by atoms with E-state index in [1.807, 2.05) is 0 Å². The smallest absolute Gasteiger partial charge is 0.250 e. The van der Waals surface area contributed by atoms with Crippen molar-refractivity contribution in [2.24, 2.45) is 34.5 Å². The van der Waals surface area contributed by atoms with Crippen LogP contribution in [-0.2, 0) is 14.4 Å². The molecule has 154 valence electrons. The maximum Gasteiger partial charge on any atom is 0.284 e. The molecule has 0 radical (unpaired) electrons. The highest BCUT2D eigenvalue weighted by Gasteiger charge is 2.58. The summed E-state index contributed by atoms with van der Waals surface area (Å²) in [5.74, 6) is 2.75. The van der Waals surface area contributed by atoms with Crippen LogP contribution in [0.25, 0.3) is 0 Å². The molecular formula is C22H32N2O3S. The third-order valence-corrected chi connectivity index (χ3v) is 9.04. The summed E-state index contributed by atoms with van der Waals surface area (Å²) in [5.41, 5.74) is 5.31. The second kappa shape index (κ2) is 6.88. The van der Waals surface area contributed by atoms with Gasteiger partial charge in [0.25, 0.3) is 10.1 Å². The van der Waals surface area contributed by atoms with Crippen molar-refractivity contribution < 1.29 is 12.7 Å². The Morgan fingerprint density at radius 2 is 2.04 bits per heavy atom. The van der Waals surface area contributed by atoms with Crippen LogP contribution in [0.1, 0.15) is 65.2 Å². The third-order valence-electron chi connectivity index (χ3n) is 8.66. The predicted molar refractivity (Wildman–Crippen MR) is 108 cm³/mol. The summed E-state index contributed by atoms with van der Waals surface area (Å²) in [6.45, 7) is 4.87. The van der Waals surface area contributed by atoms with Gasteiger partial charge in [0.05, 0.1) is 18.0 Å². The first kappa shape index (κ1) is 20.0. The summed E-state index contributed by atoms with van der Waals surface area (Å²) >= 11 is 0. The predicted octanol–water partition coefficient (Wildman–Crippen LogP) is 4.45. The molecule has 3 fully saturated rings. The normalized spacial score (nSPS) is 42.4. The van der Waals surface area contributed by atoms with Gasteiger partial charge in [-0.1, -0.05) is 25.5 Å². The number of nitriles is 1. The van der Waals surface area contributed by atoms with Crippen molar-refractivity contribution in [3.63, 3.8) is 0 Å². The number of hydrogen-bond donors (Lipinski definition) is 1. The lowest BCUT2D eigenvalue weighted by Gasteiger charge is -2.58. The van der Waals surface area contributed by atoms with E-state index in [1.54, 1.807) is 0 Å². The van der Waals surface area contributed by atoms with Crippen molar-refractivity contribution in [1.29, 1.82) is 5.26 Å². The van der Waals surface area contributed by atoms with E-state index >= 15 is 0 Å². The standard InChI is InChI=1S/C22H32N2O3S/c1-21-12-9-20-18(19(21)7-5-15(21)10-13-23)6-4-16-14-17(8-11-22(16,20)2)24-27-28(3,25)26/h8,14-15,18-20,24H,4-7,9-12H2,1-3H3/t15-,18-,19-,20-,21+,22-/m0/s1. The van der Waals surface area contributed by atoms with Crippen molar-refractivity contribution in [3.8, 4) is 6.07 Å². The first-order chi connectivity index (χ1) is 13.2. The first-order valence-electron chi connectivity index (χ1n) is 10.6. The second-order valence-electron chi connectivity index (χ2n) is 9.94. The van der Waals surface area contributed by atoms with Crippen molar-refractivity contribution in [2.45, 2.75) is 65.2 Å². The van der Waals surface area contributed by atoms with Gasteiger partial charge < -0.3 is 0 Å². The monoisotopic (exact) mass is 404 g/mol. The molecule has 5 nitrogen and oxygen atoms in total. The van der Waals surface area contributed by atoms with Crippen LogP contribution < -0.4 is 5.48 Å². The van der Waals surface area contributed by atoms with Gasteiger partial charge in [0, 0.05) is 6.42 Å². The number of nitrogens with zero attached hydrogens (tertiary/aromatic N) is 1. The van der Waals surface area contributed by atoms with Gasteiger partial charge >= 0.3 is 0 Å². The Bertz CT molecular complexity index is 855. The summed E-state index contributed by atoms with van der Waals surface area (Å²) < 4.78 is 27.3. The summed E-state index contributed by atoms with van der Waals surface area (Å²) in [6, 6.07) is 2.44. The maximum absolute atomic E-state index is 11.3. The molecule has 0 spiro atoms. The molecule has 0 bridgehead atoms. The average Bonchev–Trinajstić information content (AvgIpc) is 2.96. The molecule has 3 saturated carbocycles. The molecule has 6 atom stereocenters. The SMILES string of the molecule is C[C@]12CC[C@H]3[C@@H](CCC4=CC(NOS(C)(=O)=O)=CC[C@@]43C)[C@@H]1CC[C@H]2CC#N. The molecule has 1 N–H and O–H groups in total. The van der Waals surface area contributed by atoms with Crippen LogP contribution in [0.4, 0.5) is 0 Å². The number of fused-ring (bicyclic) bond motifs is 5. The Morgan fingerprint density at radius 3 is 2.75 bits per heavy atom. The van der Waals surface area contributed by atoms with Crippen molar-refractivity contribution in [1.82, 2.24) is 5.48 Å². The van der Waals surface area contributed by atoms with E-state index in [1.165, 1.54) is 37.7 Å². The fourth-order valence-corrected chi connectivity index (χ4v) is 7.41. The molecule has 4 rings (SSSR count). The quantitative estimate of drug-likeness (QED) is 0.700. The average molecular weight is 405 g/mol. The Labute approximate surface area is 169 Å². The zero-order valence-corrected chi connectivity index (χ0v) is 18.0. The van der Waals surface area contributed by atoms with Gasteiger partial charge in [0.2, 0.25) is 0 Å². The number of allylic oxidation sites excluding steroid dienone is 3. The molecule has 6 heteroatoms. The number of rotatable bonds is 4. The molecule has 28 heavy (non-hydrogen) atoms. The molecule has 0 aromatic rings. The van der Waals surface area contributed by atoms with Gasteiger partial charge in [-0.05, 0) is 85.5 Å². The molecule has 0 heterocycles. The zero-order valence-electron chi connectivity index (χ0n) is 17.2. The van der Waals surface area contributed by atoms with E-state index in [9.17, 15) is 13.7 Å².